The average molecular weight is 452 g/mol. The van der Waals surface area contributed by atoms with E-state index in [9.17, 15) is 0 Å². The van der Waals surface area contributed by atoms with Crippen molar-refractivity contribution in [3.8, 4) is 0 Å². The minimum absolute atomic E-state index is 0.107. The van der Waals surface area contributed by atoms with Gasteiger partial charge in [0.15, 0.2) is 6.29 Å². The van der Waals surface area contributed by atoms with Gasteiger partial charge in [0.25, 0.3) is 0 Å². The van der Waals surface area contributed by atoms with Gasteiger partial charge in [-0.1, -0.05) is 95.9 Å². The van der Waals surface area contributed by atoms with Gasteiger partial charge in [-0.15, -0.1) is 0 Å². The zero-order valence-electron chi connectivity index (χ0n) is 22.5. The predicted molar refractivity (Wildman–Crippen MR) is 142 cm³/mol. The highest BCUT2D eigenvalue weighted by atomic mass is 16.7. The van der Waals surface area contributed by atoms with Crippen LogP contribution in [0.25, 0.3) is 0 Å². The summed E-state index contributed by atoms with van der Waals surface area (Å²) in [6.07, 6.45) is 29.5. The maximum atomic E-state index is 6.11. The second kappa shape index (κ2) is 25.0. The molecule has 0 heterocycles. The van der Waals surface area contributed by atoms with E-state index < -0.39 is 0 Å². The molecule has 2 atom stereocenters. The molecule has 0 saturated carbocycles. The van der Waals surface area contributed by atoms with Crippen molar-refractivity contribution in [3.05, 3.63) is 24.3 Å². The summed E-state index contributed by atoms with van der Waals surface area (Å²) in [4.78, 5) is 2.19. The van der Waals surface area contributed by atoms with Gasteiger partial charge in [0, 0.05) is 13.2 Å². The molecule has 0 aliphatic carbocycles. The first-order valence-electron chi connectivity index (χ1n) is 13.8. The lowest BCUT2D eigenvalue weighted by Crippen LogP contribution is -2.40. The third-order valence-corrected chi connectivity index (χ3v) is 6.12. The molecule has 1 unspecified atom stereocenters. The number of rotatable bonds is 24. The Morgan fingerprint density at radius 1 is 0.594 bits per heavy atom. The summed E-state index contributed by atoms with van der Waals surface area (Å²) < 4.78 is 12.2. The summed E-state index contributed by atoms with van der Waals surface area (Å²) in [5, 5.41) is 0. The van der Waals surface area contributed by atoms with Crippen LogP contribution in [0.1, 0.15) is 124 Å². The number of ether oxygens (including phenoxy) is 2. The fourth-order valence-electron chi connectivity index (χ4n) is 3.59. The molecule has 0 aliphatic rings. The molecule has 0 aromatic rings. The zero-order valence-corrected chi connectivity index (χ0v) is 22.5. The summed E-state index contributed by atoms with van der Waals surface area (Å²) in [5.41, 5.74) is 0. The second-order valence-corrected chi connectivity index (χ2v) is 9.46. The maximum Gasteiger partial charge on any atom is 0.172 e. The van der Waals surface area contributed by atoms with Gasteiger partial charge >= 0.3 is 0 Å². The van der Waals surface area contributed by atoms with Crippen molar-refractivity contribution in [1.82, 2.24) is 4.90 Å². The Kier molecular flexibility index (Phi) is 24.5. The number of unbranched alkanes of at least 4 members (excludes halogenated alkanes) is 12. The third-order valence-electron chi connectivity index (χ3n) is 6.12. The van der Waals surface area contributed by atoms with Crippen LogP contribution >= 0.6 is 0 Å². The maximum absolute atomic E-state index is 6.11. The van der Waals surface area contributed by atoms with Gasteiger partial charge in [-0.05, 0) is 66.0 Å². The van der Waals surface area contributed by atoms with E-state index in [2.05, 4.69) is 64.1 Å². The normalized spacial score (nSPS) is 14.2. The molecule has 0 rings (SSSR count). The van der Waals surface area contributed by atoms with Crippen molar-refractivity contribution < 1.29 is 9.47 Å². The van der Waals surface area contributed by atoms with Crippen molar-refractivity contribution in [2.45, 2.75) is 136 Å². The Morgan fingerprint density at radius 3 is 1.56 bits per heavy atom. The lowest BCUT2D eigenvalue weighted by molar-refractivity contribution is -0.172. The van der Waals surface area contributed by atoms with Crippen LogP contribution < -0.4 is 0 Å². The standard InChI is InChI=1S/C29H57NO2/c1-6-8-10-12-13-14-15-16-17-18-19-20-21-22-23-25-27-32-29(28(3)30(4)5)31-26-24-11-9-7-2/h13-14,16-17,28-29H,6-12,15,18-27H2,1-5H3/b14-13-,17-16-/t28-,29?/m0/s1. The highest BCUT2D eigenvalue weighted by Gasteiger charge is 2.20. The second-order valence-electron chi connectivity index (χ2n) is 9.46. The largest absolute Gasteiger partial charge is 0.351 e. The smallest absolute Gasteiger partial charge is 0.172 e. The van der Waals surface area contributed by atoms with Crippen LogP contribution in [0, 0.1) is 0 Å². The molecule has 0 aromatic heterocycles. The minimum Gasteiger partial charge on any atom is -0.351 e. The van der Waals surface area contributed by atoms with E-state index in [4.69, 9.17) is 9.47 Å². The lowest BCUT2D eigenvalue weighted by Gasteiger charge is -2.29. The summed E-state index contributed by atoms with van der Waals surface area (Å²) in [6.45, 7) is 8.32. The van der Waals surface area contributed by atoms with Crippen molar-refractivity contribution in [2.24, 2.45) is 0 Å². The molecule has 0 fully saturated rings. The molecule has 0 radical (unpaired) electrons. The summed E-state index contributed by atoms with van der Waals surface area (Å²) in [7, 11) is 4.20. The van der Waals surface area contributed by atoms with Gasteiger partial charge in [0.2, 0.25) is 0 Å². The van der Waals surface area contributed by atoms with Crippen LogP contribution in [-0.4, -0.2) is 44.5 Å². The van der Waals surface area contributed by atoms with Crippen LogP contribution in [-0.2, 0) is 9.47 Å². The predicted octanol–water partition coefficient (Wildman–Crippen LogP) is 8.69. The lowest BCUT2D eigenvalue weighted by atomic mass is 10.1. The van der Waals surface area contributed by atoms with Crippen LogP contribution in [0.2, 0.25) is 0 Å². The van der Waals surface area contributed by atoms with Crippen LogP contribution in [0.3, 0.4) is 0 Å². The highest BCUT2D eigenvalue weighted by Crippen LogP contribution is 2.12. The quantitative estimate of drug-likeness (QED) is 0.0832. The number of hydrogen-bond acceptors (Lipinski definition) is 3. The van der Waals surface area contributed by atoms with Gasteiger partial charge in [0.05, 0.1) is 6.04 Å². The van der Waals surface area contributed by atoms with E-state index in [1.54, 1.807) is 0 Å². The minimum atomic E-state index is -0.107. The average Bonchev–Trinajstić information content (AvgIpc) is 2.79. The van der Waals surface area contributed by atoms with Crippen LogP contribution in [0.5, 0.6) is 0 Å². The molecule has 0 amide bonds. The van der Waals surface area contributed by atoms with E-state index in [1.165, 1.54) is 83.5 Å². The topological polar surface area (TPSA) is 21.7 Å². The van der Waals surface area contributed by atoms with E-state index in [0.29, 0.717) is 0 Å². The first-order valence-corrected chi connectivity index (χ1v) is 13.8. The monoisotopic (exact) mass is 451 g/mol. The van der Waals surface area contributed by atoms with Gasteiger partial charge in [0.1, 0.15) is 0 Å². The van der Waals surface area contributed by atoms with E-state index in [0.717, 1.165) is 32.5 Å². The van der Waals surface area contributed by atoms with Gasteiger partial charge in [-0.3, -0.25) is 0 Å². The van der Waals surface area contributed by atoms with Gasteiger partial charge in [-0.2, -0.15) is 0 Å². The van der Waals surface area contributed by atoms with Crippen molar-refractivity contribution in [3.63, 3.8) is 0 Å². The van der Waals surface area contributed by atoms with Crippen LogP contribution in [0.15, 0.2) is 24.3 Å². The summed E-state index contributed by atoms with van der Waals surface area (Å²) >= 11 is 0. The van der Waals surface area contributed by atoms with E-state index in [1.807, 2.05) is 0 Å². The van der Waals surface area contributed by atoms with Crippen molar-refractivity contribution in [2.75, 3.05) is 27.3 Å². The molecule has 0 saturated heterocycles. The number of likely N-dealkylation sites (N-methyl/N-ethyl adjacent to an activating group) is 1. The molecule has 3 nitrogen and oxygen atoms in total. The molecule has 0 aliphatic heterocycles. The van der Waals surface area contributed by atoms with Crippen LogP contribution in [0.4, 0.5) is 0 Å². The molecule has 32 heavy (non-hydrogen) atoms. The fraction of sp³-hybridized carbons (Fsp3) is 0.862. The molecule has 0 bridgehead atoms. The van der Waals surface area contributed by atoms with E-state index in [-0.39, 0.29) is 12.3 Å². The van der Waals surface area contributed by atoms with E-state index >= 15 is 0 Å². The third kappa shape index (κ3) is 21.2. The van der Waals surface area contributed by atoms with Gasteiger partial charge in [-0.25, -0.2) is 0 Å². The molecule has 0 spiro atoms. The SMILES string of the molecule is CCCCC/C=C\C/C=C\CCCCCCCCOC(OCCCCCC)[C@H](C)N(C)C. The molecular formula is C29H57NO2. The number of hydrogen-bond donors (Lipinski definition) is 0. The first-order chi connectivity index (χ1) is 15.6. The summed E-state index contributed by atoms with van der Waals surface area (Å²) in [6, 6.07) is 0.283. The molecule has 0 N–H and O–H groups in total. The Balaban J connectivity index is 3.64. The summed E-state index contributed by atoms with van der Waals surface area (Å²) in [5.74, 6) is 0. The Labute approximate surface area is 202 Å². The van der Waals surface area contributed by atoms with Crippen molar-refractivity contribution >= 4 is 0 Å². The number of allylic oxidation sites excluding steroid dienone is 4. The molecule has 3 heteroatoms. The fourth-order valence-corrected chi connectivity index (χ4v) is 3.59. The Morgan fingerprint density at radius 2 is 1.03 bits per heavy atom. The molecular weight excluding hydrogens is 394 g/mol. The molecule has 0 aromatic carbocycles. The van der Waals surface area contributed by atoms with Crippen molar-refractivity contribution in [1.29, 1.82) is 0 Å². The zero-order chi connectivity index (χ0) is 23.7. The first kappa shape index (κ1) is 31.4. The highest BCUT2D eigenvalue weighted by molar-refractivity contribution is 4.92. The van der Waals surface area contributed by atoms with Gasteiger partial charge < -0.3 is 14.4 Å². The Hall–Kier alpha value is -0.640. The molecule has 190 valence electrons. The number of nitrogens with zero attached hydrogens (tertiary/aromatic N) is 1. The Bertz CT molecular complexity index is 419.